The summed E-state index contributed by atoms with van der Waals surface area (Å²) >= 11 is 0. The number of nitrogens with zero attached hydrogens (tertiary/aromatic N) is 2. The number of aryl methyl sites for hydroxylation is 1. The molecule has 3 rings (SSSR count). The number of nitrogens with one attached hydrogen (secondary N) is 1. The highest BCUT2D eigenvalue weighted by Gasteiger charge is 2.14. The summed E-state index contributed by atoms with van der Waals surface area (Å²) in [6, 6.07) is 15.3. The van der Waals surface area contributed by atoms with E-state index in [1.54, 1.807) is 7.11 Å². The molecule has 2 aromatic carbocycles. The van der Waals surface area contributed by atoms with E-state index in [9.17, 15) is 4.79 Å². The molecule has 0 aliphatic heterocycles. The fourth-order valence-electron chi connectivity index (χ4n) is 2.73. The fraction of sp³-hybridized carbons (Fsp3) is 0.318. The van der Waals surface area contributed by atoms with E-state index in [1.807, 2.05) is 48.5 Å². The molecule has 0 radical (unpaired) electrons. The first-order valence-corrected chi connectivity index (χ1v) is 9.22. The molecular weight excluding hydrogens is 354 g/mol. The van der Waals surface area contributed by atoms with E-state index in [-0.39, 0.29) is 17.7 Å². The third kappa shape index (κ3) is 4.97. The van der Waals surface area contributed by atoms with Gasteiger partial charge in [-0.15, -0.1) is 0 Å². The van der Waals surface area contributed by atoms with Crippen molar-refractivity contribution < 1.29 is 14.1 Å². The third-order valence-electron chi connectivity index (χ3n) is 4.40. The van der Waals surface area contributed by atoms with Crippen LogP contribution in [0.2, 0.25) is 0 Å². The van der Waals surface area contributed by atoms with E-state index in [0.29, 0.717) is 18.1 Å². The zero-order valence-electron chi connectivity index (χ0n) is 16.7. The van der Waals surface area contributed by atoms with Crippen molar-refractivity contribution in [2.24, 2.45) is 0 Å². The number of anilines is 1. The lowest BCUT2D eigenvalue weighted by molar-refractivity contribution is -0.116. The van der Waals surface area contributed by atoms with Gasteiger partial charge in [0, 0.05) is 24.1 Å². The van der Waals surface area contributed by atoms with E-state index >= 15 is 0 Å². The van der Waals surface area contributed by atoms with Gasteiger partial charge < -0.3 is 14.6 Å². The van der Waals surface area contributed by atoms with Crippen molar-refractivity contribution in [1.29, 1.82) is 0 Å². The monoisotopic (exact) mass is 379 g/mol. The minimum atomic E-state index is -0.0929. The molecule has 1 heterocycles. The Hall–Kier alpha value is -3.15. The number of carbonyl (C=O) groups excluding carboxylic acids is 1. The molecule has 0 aliphatic rings. The maximum Gasteiger partial charge on any atom is 0.227 e. The van der Waals surface area contributed by atoms with Crippen molar-refractivity contribution in [1.82, 2.24) is 10.1 Å². The molecule has 0 aliphatic carbocycles. The second kappa shape index (κ2) is 8.25. The molecular formula is C22H25N3O3. The topological polar surface area (TPSA) is 77.2 Å². The Morgan fingerprint density at radius 3 is 2.57 bits per heavy atom. The minimum Gasteiger partial charge on any atom is -0.497 e. The fourth-order valence-corrected chi connectivity index (χ4v) is 2.73. The zero-order valence-corrected chi connectivity index (χ0v) is 16.7. The molecule has 0 atom stereocenters. The highest BCUT2D eigenvalue weighted by Crippen LogP contribution is 2.24. The number of ether oxygens (including phenoxy) is 1. The van der Waals surface area contributed by atoms with Crippen LogP contribution in [0.15, 0.2) is 53.1 Å². The molecule has 6 heteroatoms. The smallest absolute Gasteiger partial charge is 0.227 e. The van der Waals surface area contributed by atoms with Crippen molar-refractivity contribution in [2.75, 3.05) is 12.4 Å². The maximum atomic E-state index is 12.2. The number of methoxy groups -OCH3 is 1. The molecule has 6 nitrogen and oxygen atoms in total. The van der Waals surface area contributed by atoms with Gasteiger partial charge in [0.1, 0.15) is 5.75 Å². The van der Waals surface area contributed by atoms with Crippen LogP contribution in [0.3, 0.4) is 0 Å². The Bertz CT molecular complexity index is 940. The van der Waals surface area contributed by atoms with Crippen LogP contribution < -0.4 is 10.1 Å². The summed E-state index contributed by atoms with van der Waals surface area (Å²) in [6.07, 6.45) is 0.643. The quantitative estimate of drug-likeness (QED) is 0.676. The van der Waals surface area contributed by atoms with Crippen LogP contribution in [0.4, 0.5) is 5.69 Å². The van der Waals surface area contributed by atoms with Crippen LogP contribution in [0.25, 0.3) is 11.4 Å². The average molecular weight is 379 g/mol. The molecule has 0 spiro atoms. The lowest BCUT2D eigenvalue weighted by atomic mass is 9.87. The summed E-state index contributed by atoms with van der Waals surface area (Å²) in [5.41, 5.74) is 2.89. The van der Waals surface area contributed by atoms with E-state index in [4.69, 9.17) is 9.26 Å². The molecule has 0 saturated carbocycles. The summed E-state index contributed by atoms with van der Waals surface area (Å²) in [4.78, 5) is 16.6. The molecule has 1 amide bonds. The van der Waals surface area contributed by atoms with Gasteiger partial charge in [0.05, 0.1) is 7.11 Å². The van der Waals surface area contributed by atoms with Crippen LogP contribution in [0.5, 0.6) is 5.75 Å². The molecule has 0 fully saturated rings. The predicted molar refractivity (Wildman–Crippen MR) is 108 cm³/mol. The standard InChI is InChI=1S/C22H25N3O3/c1-22(2,3)16-8-10-17(11-9-16)23-19(26)12-13-20-24-21(25-28-20)15-6-5-7-18(14-15)27-4/h5-11,14H,12-13H2,1-4H3,(H,23,26). The van der Waals surface area contributed by atoms with Gasteiger partial charge in [0.15, 0.2) is 0 Å². The Morgan fingerprint density at radius 2 is 1.89 bits per heavy atom. The van der Waals surface area contributed by atoms with Crippen molar-refractivity contribution in [3.05, 3.63) is 60.0 Å². The van der Waals surface area contributed by atoms with Crippen molar-refractivity contribution in [2.45, 2.75) is 39.0 Å². The molecule has 3 aromatic rings. The molecule has 1 aromatic heterocycles. The second-order valence-corrected chi connectivity index (χ2v) is 7.62. The van der Waals surface area contributed by atoms with E-state index in [2.05, 4.69) is 36.2 Å². The number of hydrogen-bond donors (Lipinski definition) is 1. The van der Waals surface area contributed by atoms with Gasteiger partial charge in [-0.25, -0.2) is 0 Å². The largest absolute Gasteiger partial charge is 0.497 e. The van der Waals surface area contributed by atoms with Crippen LogP contribution in [-0.4, -0.2) is 23.2 Å². The van der Waals surface area contributed by atoms with Gasteiger partial charge in [-0.1, -0.05) is 50.2 Å². The highest BCUT2D eigenvalue weighted by molar-refractivity contribution is 5.90. The van der Waals surface area contributed by atoms with Gasteiger partial charge in [-0.2, -0.15) is 4.98 Å². The molecule has 0 bridgehead atoms. The second-order valence-electron chi connectivity index (χ2n) is 7.62. The normalized spacial score (nSPS) is 11.3. The Labute approximate surface area is 164 Å². The lowest BCUT2D eigenvalue weighted by Crippen LogP contribution is -2.14. The van der Waals surface area contributed by atoms with Crippen LogP contribution in [0.1, 0.15) is 38.6 Å². The maximum absolute atomic E-state index is 12.2. The summed E-state index contributed by atoms with van der Waals surface area (Å²) in [7, 11) is 1.61. The minimum absolute atomic E-state index is 0.0843. The number of amides is 1. The van der Waals surface area contributed by atoms with Crippen molar-refractivity contribution >= 4 is 11.6 Å². The number of rotatable bonds is 6. The Morgan fingerprint density at radius 1 is 1.14 bits per heavy atom. The van der Waals surface area contributed by atoms with Gasteiger partial charge >= 0.3 is 0 Å². The summed E-state index contributed by atoms with van der Waals surface area (Å²) < 4.78 is 10.5. The van der Waals surface area contributed by atoms with Crippen LogP contribution in [-0.2, 0) is 16.6 Å². The van der Waals surface area contributed by atoms with E-state index < -0.39 is 0 Å². The number of benzene rings is 2. The van der Waals surface area contributed by atoms with E-state index in [1.165, 1.54) is 5.56 Å². The van der Waals surface area contributed by atoms with Gasteiger partial charge in [-0.05, 0) is 35.2 Å². The van der Waals surface area contributed by atoms with Crippen molar-refractivity contribution in [3.63, 3.8) is 0 Å². The number of hydrogen-bond acceptors (Lipinski definition) is 5. The summed E-state index contributed by atoms with van der Waals surface area (Å²) in [5, 5.41) is 6.88. The predicted octanol–water partition coefficient (Wildman–Crippen LogP) is 4.61. The van der Waals surface area contributed by atoms with Gasteiger partial charge in [-0.3, -0.25) is 4.79 Å². The summed E-state index contributed by atoms with van der Waals surface area (Å²) in [5.74, 6) is 1.54. The first-order valence-electron chi connectivity index (χ1n) is 9.22. The van der Waals surface area contributed by atoms with Gasteiger partial charge in [0.2, 0.25) is 17.6 Å². The molecule has 1 N–H and O–H groups in total. The first-order chi connectivity index (χ1) is 13.3. The number of aromatic nitrogens is 2. The molecule has 28 heavy (non-hydrogen) atoms. The zero-order chi connectivity index (χ0) is 20.1. The number of carbonyl (C=O) groups is 1. The third-order valence-corrected chi connectivity index (χ3v) is 4.40. The molecule has 146 valence electrons. The van der Waals surface area contributed by atoms with Crippen LogP contribution >= 0.6 is 0 Å². The SMILES string of the molecule is COc1cccc(-c2noc(CCC(=O)Nc3ccc(C(C)(C)C)cc3)n2)c1. The highest BCUT2D eigenvalue weighted by atomic mass is 16.5. The Kier molecular flexibility index (Phi) is 5.78. The van der Waals surface area contributed by atoms with Crippen LogP contribution in [0, 0.1) is 0 Å². The van der Waals surface area contributed by atoms with E-state index in [0.717, 1.165) is 17.0 Å². The lowest BCUT2D eigenvalue weighted by Gasteiger charge is -2.19. The first kappa shape index (κ1) is 19.6. The van der Waals surface area contributed by atoms with Gasteiger partial charge in [0.25, 0.3) is 0 Å². The Balaban J connectivity index is 1.56. The summed E-state index contributed by atoms with van der Waals surface area (Å²) in [6.45, 7) is 6.47. The molecule has 0 unspecified atom stereocenters. The average Bonchev–Trinajstić information content (AvgIpc) is 3.15. The molecule has 0 saturated heterocycles. The van der Waals surface area contributed by atoms with Crippen molar-refractivity contribution in [3.8, 4) is 17.1 Å².